The largest absolute Gasteiger partial charge is 0.508 e. The molecule has 1 aliphatic rings. The van der Waals surface area contributed by atoms with Crippen molar-refractivity contribution in [2.45, 2.75) is 26.4 Å². The smallest absolute Gasteiger partial charge is 0.160 e. The Morgan fingerprint density at radius 2 is 1.86 bits per heavy atom. The monoisotopic (exact) mass is 190 g/mol. The molecule has 2 rings (SSSR count). The summed E-state index contributed by atoms with van der Waals surface area (Å²) in [6.07, 6.45) is 0. The van der Waals surface area contributed by atoms with E-state index >= 15 is 0 Å². The number of hydrogen-bond acceptors (Lipinski definition) is 2. The van der Waals surface area contributed by atoms with E-state index in [1.165, 1.54) is 0 Å². The van der Waals surface area contributed by atoms with Crippen LogP contribution in [-0.4, -0.2) is 10.7 Å². The van der Waals surface area contributed by atoms with Crippen molar-refractivity contribution in [3.05, 3.63) is 35.6 Å². The first kappa shape index (κ1) is 9.13. The molecule has 74 valence electrons. The van der Waals surface area contributed by atoms with Crippen molar-refractivity contribution < 1.29 is 9.84 Å². The normalized spacial score (nSPS) is 18.8. The molecule has 0 saturated carbocycles. The second-order valence-corrected chi connectivity index (χ2v) is 4.08. The lowest BCUT2D eigenvalue weighted by Gasteiger charge is -2.32. The van der Waals surface area contributed by atoms with Crippen molar-refractivity contribution in [3.8, 4) is 5.75 Å². The third kappa shape index (κ3) is 1.18. The minimum absolute atomic E-state index is 0.316. The maximum atomic E-state index is 9.91. The number of ether oxygens (including phenoxy) is 1. The zero-order chi connectivity index (χ0) is 10.3. The molecule has 0 atom stereocenters. The summed E-state index contributed by atoms with van der Waals surface area (Å²) in [6.45, 7) is 5.64. The van der Waals surface area contributed by atoms with Crippen molar-refractivity contribution in [2.24, 2.45) is 0 Å². The number of aliphatic hydroxyl groups excluding tert-OH is 1. The van der Waals surface area contributed by atoms with Crippen LogP contribution in [0.2, 0.25) is 0 Å². The third-order valence-electron chi connectivity index (χ3n) is 2.58. The summed E-state index contributed by atoms with van der Waals surface area (Å²) in [5.74, 6) is 1.16. The SMILES string of the molecule is CC1=C(O)C(C)(C)Oc2ccccc21. The van der Waals surface area contributed by atoms with Gasteiger partial charge in [0.1, 0.15) is 11.5 Å². The molecule has 0 radical (unpaired) electrons. The molecule has 1 aromatic carbocycles. The number of hydrogen-bond donors (Lipinski definition) is 1. The summed E-state index contributed by atoms with van der Waals surface area (Å²) in [6, 6.07) is 7.75. The summed E-state index contributed by atoms with van der Waals surface area (Å²) >= 11 is 0. The summed E-state index contributed by atoms with van der Waals surface area (Å²) in [5.41, 5.74) is 1.26. The standard InChI is InChI=1S/C12H14O2/c1-8-9-6-4-5-7-10(9)14-12(2,3)11(8)13/h4-7,13H,1-3H3. The molecule has 14 heavy (non-hydrogen) atoms. The van der Waals surface area contributed by atoms with Gasteiger partial charge in [0.25, 0.3) is 0 Å². The topological polar surface area (TPSA) is 29.5 Å². The fraction of sp³-hybridized carbons (Fsp3) is 0.333. The molecule has 1 aromatic rings. The van der Waals surface area contributed by atoms with Crippen LogP contribution in [0.3, 0.4) is 0 Å². The van der Waals surface area contributed by atoms with Gasteiger partial charge in [0.2, 0.25) is 0 Å². The Balaban J connectivity index is 2.64. The molecule has 0 fully saturated rings. The molecular formula is C12H14O2. The Kier molecular flexibility index (Phi) is 1.81. The van der Waals surface area contributed by atoms with Gasteiger partial charge in [0.15, 0.2) is 5.60 Å². The van der Waals surface area contributed by atoms with Crippen LogP contribution in [0.1, 0.15) is 26.3 Å². The van der Waals surface area contributed by atoms with E-state index in [0.717, 1.165) is 16.9 Å². The van der Waals surface area contributed by atoms with Gasteiger partial charge in [-0.25, -0.2) is 0 Å². The lowest BCUT2D eigenvalue weighted by Crippen LogP contribution is -2.34. The van der Waals surface area contributed by atoms with Gasteiger partial charge in [-0.3, -0.25) is 0 Å². The van der Waals surface area contributed by atoms with Gasteiger partial charge in [0, 0.05) is 11.1 Å². The molecule has 1 aliphatic heterocycles. The average Bonchev–Trinajstić information content (AvgIpc) is 2.14. The summed E-state index contributed by atoms with van der Waals surface area (Å²) < 4.78 is 5.69. The first-order valence-electron chi connectivity index (χ1n) is 4.71. The van der Waals surface area contributed by atoms with Crippen LogP contribution in [0.5, 0.6) is 5.75 Å². The fourth-order valence-electron chi connectivity index (χ4n) is 1.77. The number of fused-ring (bicyclic) bond motifs is 1. The van der Waals surface area contributed by atoms with E-state index in [0.29, 0.717) is 5.76 Å². The molecule has 2 heteroatoms. The minimum atomic E-state index is -0.613. The van der Waals surface area contributed by atoms with Crippen molar-refractivity contribution in [3.63, 3.8) is 0 Å². The van der Waals surface area contributed by atoms with E-state index in [4.69, 9.17) is 4.74 Å². The van der Waals surface area contributed by atoms with Gasteiger partial charge in [-0.05, 0) is 26.8 Å². The van der Waals surface area contributed by atoms with E-state index in [-0.39, 0.29) is 0 Å². The predicted molar refractivity (Wildman–Crippen MR) is 56.4 cm³/mol. The molecule has 0 aliphatic carbocycles. The van der Waals surface area contributed by atoms with Gasteiger partial charge < -0.3 is 9.84 Å². The lowest BCUT2D eigenvalue weighted by atomic mass is 9.94. The highest BCUT2D eigenvalue weighted by atomic mass is 16.5. The second-order valence-electron chi connectivity index (χ2n) is 4.08. The van der Waals surface area contributed by atoms with Crippen molar-refractivity contribution in [2.75, 3.05) is 0 Å². The summed E-state index contributed by atoms with van der Waals surface area (Å²) in [4.78, 5) is 0. The maximum Gasteiger partial charge on any atom is 0.160 e. The Labute approximate surface area is 83.8 Å². The van der Waals surface area contributed by atoms with Crippen LogP contribution in [-0.2, 0) is 0 Å². The van der Waals surface area contributed by atoms with E-state index in [1.54, 1.807) is 0 Å². The molecule has 0 unspecified atom stereocenters. The highest BCUT2D eigenvalue weighted by Crippen LogP contribution is 2.38. The average molecular weight is 190 g/mol. The quantitative estimate of drug-likeness (QED) is 0.681. The van der Waals surface area contributed by atoms with E-state index in [1.807, 2.05) is 45.0 Å². The van der Waals surface area contributed by atoms with Crippen LogP contribution in [0.15, 0.2) is 30.0 Å². The Morgan fingerprint density at radius 3 is 2.57 bits per heavy atom. The number of para-hydroxylation sites is 1. The van der Waals surface area contributed by atoms with Gasteiger partial charge >= 0.3 is 0 Å². The third-order valence-corrected chi connectivity index (χ3v) is 2.58. The van der Waals surface area contributed by atoms with Crippen LogP contribution in [0.25, 0.3) is 5.57 Å². The maximum absolute atomic E-state index is 9.91. The molecular weight excluding hydrogens is 176 g/mol. The number of rotatable bonds is 0. The van der Waals surface area contributed by atoms with Crippen LogP contribution in [0, 0.1) is 0 Å². The van der Waals surface area contributed by atoms with Gasteiger partial charge in [-0.1, -0.05) is 18.2 Å². The van der Waals surface area contributed by atoms with E-state index < -0.39 is 5.60 Å². The second kappa shape index (κ2) is 2.77. The zero-order valence-corrected chi connectivity index (χ0v) is 8.66. The molecule has 0 spiro atoms. The first-order valence-corrected chi connectivity index (χ1v) is 4.71. The van der Waals surface area contributed by atoms with Crippen LogP contribution in [0.4, 0.5) is 0 Å². The van der Waals surface area contributed by atoms with Gasteiger partial charge in [-0.15, -0.1) is 0 Å². The highest BCUT2D eigenvalue weighted by molar-refractivity contribution is 5.73. The Hall–Kier alpha value is -1.44. The Bertz CT molecular complexity index is 403. The van der Waals surface area contributed by atoms with Gasteiger partial charge in [0.05, 0.1) is 0 Å². The van der Waals surface area contributed by atoms with Crippen molar-refractivity contribution in [1.82, 2.24) is 0 Å². The Morgan fingerprint density at radius 1 is 1.21 bits per heavy atom. The number of benzene rings is 1. The van der Waals surface area contributed by atoms with Crippen LogP contribution >= 0.6 is 0 Å². The molecule has 0 aromatic heterocycles. The molecule has 0 bridgehead atoms. The number of aliphatic hydroxyl groups is 1. The molecule has 1 heterocycles. The van der Waals surface area contributed by atoms with Crippen LogP contribution < -0.4 is 4.74 Å². The molecule has 2 nitrogen and oxygen atoms in total. The van der Waals surface area contributed by atoms with Crippen molar-refractivity contribution >= 4 is 5.57 Å². The summed E-state index contributed by atoms with van der Waals surface area (Å²) in [5, 5.41) is 9.91. The van der Waals surface area contributed by atoms with Gasteiger partial charge in [-0.2, -0.15) is 0 Å². The van der Waals surface area contributed by atoms with E-state index in [9.17, 15) is 5.11 Å². The predicted octanol–water partition coefficient (Wildman–Crippen LogP) is 3.15. The lowest BCUT2D eigenvalue weighted by molar-refractivity contribution is 0.0919. The van der Waals surface area contributed by atoms with Crippen molar-refractivity contribution in [1.29, 1.82) is 0 Å². The minimum Gasteiger partial charge on any atom is -0.508 e. The highest BCUT2D eigenvalue weighted by Gasteiger charge is 2.32. The van der Waals surface area contributed by atoms with E-state index in [2.05, 4.69) is 0 Å². The molecule has 0 amide bonds. The molecule has 1 N–H and O–H groups in total. The first-order chi connectivity index (χ1) is 6.52. The number of allylic oxidation sites excluding steroid dienone is 1. The molecule has 0 saturated heterocycles. The fourth-order valence-corrected chi connectivity index (χ4v) is 1.77. The summed E-state index contributed by atoms with van der Waals surface area (Å²) in [7, 11) is 0. The zero-order valence-electron chi connectivity index (χ0n) is 8.66.